The molecule has 152 valence electrons. The van der Waals surface area contributed by atoms with Crippen LogP contribution in [0.15, 0.2) is 0 Å². The molecule has 0 saturated heterocycles. The lowest BCUT2D eigenvalue weighted by Crippen LogP contribution is -2.45. The van der Waals surface area contributed by atoms with Crippen molar-refractivity contribution in [1.82, 2.24) is 0 Å². The van der Waals surface area contributed by atoms with Crippen LogP contribution < -0.4 is 0 Å². The highest BCUT2D eigenvalue weighted by atomic mass is 19.3. The maximum Gasteiger partial charge on any atom is 0.257 e. The van der Waals surface area contributed by atoms with Crippen molar-refractivity contribution in [2.75, 3.05) is 0 Å². The molecule has 0 aromatic rings. The minimum Gasteiger partial charge on any atom is -0.244 e. The summed E-state index contributed by atoms with van der Waals surface area (Å²) in [7, 11) is 0. The predicted molar refractivity (Wildman–Crippen MR) is 97.8 cm³/mol. The minimum absolute atomic E-state index is 0.110. The van der Waals surface area contributed by atoms with Crippen LogP contribution in [-0.4, -0.2) is 18.3 Å². The molecule has 0 heterocycles. The Balaban J connectivity index is 1.59. The summed E-state index contributed by atoms with van der Waals surface area (Å²) in [6.45, 7) is 4.14. The number of fused-ring (bicyclic) bond motifs is 1. The molecule has 0 N–H and O–H groups in total. The Kier molecular flexibility index (Phi) is 6.60. The van der Waals surface area contributed by atoms with Gasteiger partial charge in [-0.2, -0.15) is 0 Å². The molecular weight excluding hydrogens is 340 g/mol. The van der Waals surface area contributed by atoms with E-state index in [1.54, 1.807) is 0 Å². The Bertz CT molecular complexity index is 445. The maximum atomic E-state index is 15.0. The minimum atomic E-state index is -3.05. The summed E-state index contributed by atoms with van der Waals surface area (Å²) < 4.78 is 57.9. The molecule has 3 rings (SSSR count). The summed E-state index contributed by atoms with van der Waals surface area (Å²) in [5, 5.41) is 0. The van der Waals surface area contributed by atoms with Gasteiger partial charge in [0.15, 0.2) is 0 Å². The molecule has 0 nitrogen and oxygen atoms in total. The number of rotatable bonds is 6. The van der Waals surface area contributed by atoms with Crippen LogP contribution in [0.1, 0.15) is 84.5 Å². The fourth-order valence-electron chi connectivity index (χ4n) is 6.39. The molecule has 3 aliphatic rings. The van der Waals surface area contributed by atoms with E-state index in [1.807, 2.05) is 6.92 Å². The van der Waals surface area contributed by atoms with E-state index in [2.05, 4.69) is 6.92 Å². The molecule has 26 heavy (non-hydrogen) atoms. The summed E-state index contributed by atoms with van der Waals surface area (Å²) in [5.74, 6) is -4.27. The second kappa shape index (κ2) is 8.39. The molecule has 7 atom stereocenters. The van der Waals surface area contributed by atoms with Gasteiger partial charge in [-0.05, 0) is 55.8 Å². The van der Waals surface area contributed by atoms with Gasteiger partial charge in [-0.15, -0.1) is 0 Å². The van der Waals surface area contributed by atoms with Crippen LogP contribution in [0.3, 0.4) is 0 Å². The van der Waals surface area contributed by atoms with Crippen LogP contribution in [-0.2, 0) is 0 Å². The topological polar surface area (TPSA) is 0 Å². The average molecular weight is 377 g/mol. The second-order valence-electron chi connectivity index (χ2n) is 9.46. The summed E-state index contributed by atoms with van der Waals surface area (Å²) in [6.07, 6.45) is 6.69. The molecule has 0 radical (unpaired) electrons. The summed E-state index contributed by atoms with van der Waals surface area (Å²) >= 11 is 0. The number of hydrogen-bond acceptors (Lipinski definition) is 0. The van der Waals surface area contributed by atoms with Gasteiger partial charge in [-0.1, -0.05) is 52.4 Å². The summed E-state index contributed by atoms with van der Waals surface area (Å²) in [4.78, 5) is 0. The SMILES string of the molecule is CCC(CCC(C)C1CC2CCC(F)C(F)C2C1(F)F)C1CCCCC1. The van der Waals surface area contributed by atoms with E-state index >= 15 is 0 Å². The van der Waals surface area contributed by atoms with Gasteiger partial charge in [0.2, 0.25) is 0 Å². The lowest BCUT2D eigenvalue weighted by molar-refractivity contribution is -0.136. The van der Waals surface area contributed by atoms with E-state index in [9.17, 15) is 17.6 Å². The van der Waals surface area contributed by atoms with E-state index in [1.165, 1.54) is 32.1 Å². The van der Waals surface area contributed by atoms with Gasteiger partial charge >= 0.3 is 0 Å². The average Bonchev–Trinajstić information content (AvgIpc) is 2.91. The highest BCUT2D eigenvalue weighted by Gasteiger charge is 2.63. The van der Waals surface area contributed by atoms with Gasteiger partial charge in [-0.3, -0.25) is 0 Å². The van der Waals surface area contributed by atoms with Crippen molar-refractivity contribution in [3.8, 4) is 0 Å². The summed E-state index contributed by atoms with van der Waals surface area (Å²) in [6, 6.07) is 0. The molecule has 0 aromatic carbocycles. The fraction of sp³-hybridized carbons (Fsp3) is 1.00. The first-order chi connectivity index (χ1) is 12.4. The Morgan fingerprint density at radius 3 is 2.31 bits per heavy atom. The van der Waals surface area contributed by atoms with E-state index in [4.69, 9.17) is 0 Å². The third-order valence-electron chi connectivity index (χ3n) is 8.03. The first kappa shape index (κ1) is 20.5. The van der Waals surface area contributed by atoms with Gasteiger partial charge in [0.1, 0.15) is 12.3 Å². The zero-order chi connectivity index (χ0) is 18.9. The Morgan fingerprint density at radius 2 is 1.65 bits per heavy atom. The Hall–Kier alpha value is -0.280. The molecule has 0 aliphatic heterocycles. The molecule has 4 heteroatoms. The third-order valence-corrected chi connectivity index (χ3v) is 8.03. The predicted octanol–water partition coefficient (Wildman–Crippen LogP) is 7.37. The van der Waals surface area contributed by atoms with Crippen molar-refractivity contribution in [2.24, 2.45) is 35.5 Å². The standard InChI is InChI=1S/C22H36F4/c1-3-15(16-7-5-4-6-8-16)10-9-14(2)18-13-17-11-12-19(23)21(24)20(17)22(18,25)26/h14-21H,3-13H2,1-2H3. The Morgan fingerprint density at radius 1 is 0.962 bits per heavy atom. The van der Waals surface area contributed by atoms with E-state index in [-0.39, 0.29) is 18.3 Å². The van der Waals surface area contributed by atoms with E-state index < -0.39 is 30.1 Å². The third kappa shape index (κ3) is 3.94. The first-order valence-corrected chi connectivity index (χ1v) is 11.0. The van der Waals surface area contributed by atoms with Crippen molar-refractivity contribution >= 4 is 0 Å². The van der Waals surface area contributed by atoms with Crippen LogP contribution in [0, 0.1) is 35.5 Å². The van der Waals surface area contributed by atoms with Crippen LogP contribution >= 0.6 is 0 Å². The molecule has 3 fully saturated rings. The largest absolute Gasteiger partial charge is 0.257 e. The number of alkyl halides is 4. The van der Waals surface area contributed by atoms with Crippen LogP contribution in [0.25, 0.3) is 0 Å². The number of hydrogen-bond donors (Lipinski definition) is 0. The van der Waals surface area contributed by atoms with E-state index in [0.717, 1.165) is 25.2 Å². The lowest BCUT2D eigenvalue weighted by Gasteiger charge is -2.36. The quantitative estimate of drug-likeness (QED) is 0.425. The summed E-state index contributed by atoms with van der Waals surface area (Å²) in [5.41, 5.74) is 0. The molecular formula is C22H36F4. The van der Waals surface area contributed by atoms with Gasteiger partial charge in [0.05, 0.1) is 5.92 Å². The van der Waals surface area contributed by atoms with Crippen molar-refractivity contribution in [3.63, 3.8) is 0 Å². The lowest BCUT2D eigenvalue weighted by atomic mass is 9.74. The van der Waals surface area contributed by atoms with Gasteiger partial charge in [0, 0.05) is 5.92 Å². The molecule has 0 bridgehead atoms. The zero-order valence-corrected chi connectivity index (χ0v) is 16.4. The highest BCUT2D eigenvalue weighted by molar-refractivity contribution is 5.05. The van der Waals surface area contributed by atoms with Crippen molar-refractivity contribution in [2.45, 2.75) is 103 Å². The normalized spacial score (nSPS) is 40.2. The molecule has 3 saturated carbocycles. The molecule has 0 aromatic heterocycles. The fourth-order valence-corrected chi connectivity index (χ4v) is 6.39. The van der Waals surface area contributed by atoms with Gasteiger partial charge in [0.25, 0.3) is 5.92 Å². The smallest absolute Gasteiger partial charge is 0.244 e. The van der Waals surface area contributed by atoms with Crippen molar-refractivity contribution in [1.29, 1.82) is 0 Å². The number of halogens is 4. The maximum absolute atomic E-state index is 15.0. The van der Waals surface area contributed by atoms with Crippen LogP contribution in [0.4, 0.5) is 17.6 Å². The molecule has 0 amide bonds. The van der Waals surface area contributed by atoms with Gasteiger partial charge in [-0.25, -0.2) is 17.6 Å². The monoisotopic (exact) mass is 376 g/mol. The highest BCUT2D eigenvalue weighted by Crippen LogP contribution is 2.58. The van der Waals surface area contributed by atoms with Crippen LogP contribution in [0.2, 0.25) is 0 Å². The van der Waals surface area contributed by atoms with Crippen molar-refractivity contribution in [3.05, 3.63) is 0 Å². The molecule has 3 aliphatic carbocycles. The first-order valence-electron chi connectivity index (χ1n) is 11.0. The Labute approximate surface area is 156 Å². The van der Waals surface area contributed by atoms with Crippen molar-refractivity contribution < 1.29 is 17.6 Å². The zero-order valence-electron chi connectivity index (χ0n) is 16.4. The molecule has 7 unspecified atom stereocenters. The second-order valence-corrected chi connectivity index (χ2v) is 9.46. The van der Waals surface area contributed by atoms with Gasteiger partial charge < -0.3 is 0 Å². The van der Waals surface area contributed by atoms with E-state index in [0.29, 0.717) is 18.8 Å². The molecule has 0 spiro atoms. The van der Waals surface area contributed by atoms with Crippen LogP contribution in [0.5, 0.6) is 0 Å².